The van der Waals surface area contributed by atoms with Crippen LogP contribution in [0.15, 0.2) is 18.2 Å². The van der Waals surface area contributed by atoms with E-state index in [0.717, 1.165) is 12.8 Å². The quantitative estimate of drug-likeness (QED) is 0.928. The summed E-state index contributed by atoms with van der Waals surface area (Å²) >= 11 is 5.86. The van der Waals surface area contributed by atoms with E-state index in [0.29, 0.717) is 17.0 Å². The van der Waals surface area contributed by atoms with E-state index in [9.17, 15) is 14.3 Å². The number of benzene rings is 1. The molecule has 0 aliphatic carbocycles. The fourth-order valence-electron chi connectivity index (χ4n) is 3.31. The van der Waals surface area contributed by atoms with Crippen LogP contribution in [-0.2, 0) is 16.0 Å². The predicted octanol–water partition coefficient (Wildman–Crippen LogP) is 3.04. The molecule has 1 aromatic carbocycles. The van der Waals surface area contributed by atoms with Gasteiger partial charge in [0.2, 0.25) is 0 Å². The molecule has 3 nitrogen and oxygen atoms in total. The van der Waals surface area contributed by atoms with Gasteiger partial charge in [-0.3, -0.25) is 4.79 Å². The van der Waals surface area contributed by atoms with E-state index in [1.807, 2.05) is 0 Å². The molecule has 2 aliphatic heterocycles. The molecule has 3 unspecified atom stereocenters. The number of halogens is 2. The second-order valence-electron chi connectivity index (χ2n) is 5.40. The third-order valence-electron chi connectivity index (χ3n) is 4.26. The molecule has 2 aliphatic rings. The molecule has 1 aromatic rings. The molecule has 0 spiro atoms. The zero-order valence-corrected chi connectivity index (χ0v) is 11.0. The Kier molecular flexibility index (Phi) is 3.02. The number of fused-ring (bicyclic) bond motifs is 2. The molecule has 102 valence electrons. The van der Waals surface area contributed by atoms with Crippen molar-refractivity contribution < 1.29 is 19.0 Å². The van der Waals surface area contributed by atoms with Gasteiger partial charge < -0.3 is 9.84 Å². The first-order valence-electron chi connectivity index (χ1n) is 6.34. The largest absolute Gasteiger partial charge is 0.481 e. The molecule has 0 saturated carbocycles. The van der Waals surface area contributed by atoms with Crippen molar-refractivity contribution in [2.75, 3.05) is 0 Å². The van der Waals surface area contributed by atoms with Gasteiger partial charge >= 0.3 is 5.97 Å². The van der Waals surface area contributed by atoms with Crippen molar-refractivity contribution in [1.82, 2.24) is 0 Å². The van der Waals surface area contributed by atoms with E-state index >= 15 is 0 Å². The summed E-state index contributed by atoms with van der Waals surface area (Å²) in [7, 11) is 0. The maximum Gasteiger partial charge on any atom is 0.312 e. The molecular formula is C14H14ClFO3. The van der Waals surface area contributed by atoms with Crippen LogP contribution in [0.4, 0.5) is 4.39 Å². The molecule has 2 saturated heterocycles. The monoisotopic (exact) mass is 284 g/mol. The van der Waals surface area contributed by atoms with Gasteiger partial charge in [0.05, 0.1) is 12.2 Å². The standard InChI is InChI=1S/C14H14ClFO3/c15-9-1-3-11(16)8(5-9)6-14(13(17)18)7-10-2-4-12(14)19-10/h1,3,5,10,12H,2,4,6-7H2,(H,17,18). The molecule has 3 atom stereocenters. The Hall–Kier alpha value is -1.13. The lowest BCUT2D eigenvalue weighted by atomic mass is 9.70. The van der Waals surface area contributed by atoms with Gasteiger partial charge in [0.25, 0.3) is 0 Å². The minimum Gasteiger partial charge on any atom is -0.481 e. The second-order valence-corrected chi connectivity index (χ2v) is 5.84. The van der Waals surface area contributed by atoms with E-state index in [4.69, 9.17) is 16.3 Å². The van der Waals surface area contributed by atoms with Crippen molar-refractivity contribution in [3.63, 3.8) is 0 Å². The number of rotatable bonds is 3. The summed E-state index contributed by atoms with van der Waals surface area (Å²) in [5.41, 5.74) is -0.653. The van der Waals surface area contributed by atoms with Gasteiger partial charge in [0.1, 0.15) is 11.2 Å². The van der Waals surface area contributed by atoms with E-state index in [2.05, 4.69) is 0 Å². The summed E-state index contributed by atoms with van der Waals surface area (Å²) in [6.45, 7) is 0. The van der Waals surface area contributed by atoms with Gasteiger partial charge in [0.15, 0.2) is 0 Å². The Bertz CT molecular complexity index is 533. The Labute approximate surface area is 115 Å². The summed E-state index contributed by atoms with van der Waals surface area (Å²) in [4.78, 5) is 11.7. The number of hydrogen-bond acceptors (Lipinski definition) is 2. The van der Waals surface area contributed by atoms with Crippen LogP contribution < -0.4 is 0 Å². The van der Waals surface area contributed by atoms with Crippen LogP contribution >= 0.6 is 11.6 Å². The van der Waals surface area contributed by atoms with Gasteiger partial charge in [-0.2, -0.15) is 0 Å². The average Bonchev–Trinajstić information content (AvgIpc) is 2.94. The zero-order valence-electron chi connectivity index (χ0n) is 10.2. The van der Waals surface area contributed by atoms with Crippen molar-refractivity contribution in [2.24, 2.45) is 5.41 Å². The van der Waals surface area contributed by atoms with Crippen LogP contribution in [0, 0.1) is 11.2 Å². The highest BCUT2D eigenvalue weighted by Crippen LogP contribution is 2.50. The fourth-order valence-corrected chi connectivity index (χ4v) is 3.50. The summed E-state index contributed by atoms with van der Waals surface area (Å²) in [6, 6.07) is 4.25. The Morgan fingerprint density at radius 2 is 2.32 bits per heavy atom. The molecule has 2 heterocycles. The number of carboxylic acids is 1. The predicted molar refractivity (Wildman–Crippen MR) is 67.7 cm³/mol. The van der Waals surface area contributed by atoms with E-state index in [1.54, 1.807) is 0 Å². The number of hydrogen-bond donors (Lipinski definition) is 1. The molecule has 2 fully saturated rings. The summed E-state index contributed by atoms with van der Waals surface area (Å²) in [5, 5.41) is 9.99. The molecule has 5 heteroatoms. The lowest BCUT2D eigenvalue weighted by Crippen LogP contribution is -2.42. The Morgan fingerprint density at radius 3 is 2.89 bits per heavy atom. The molecule has 1 N–H and O–H groups in total. The summed E-state index contributed by atoms with van der Waals surface area (Å²) in [6.07, 6.45) is 1.92. The average molecular weight is 285 g/mol. The molecule has 3 rings (SSSR count). The number of carboxylic acid groups (broad SMARTS) is 1. The summed E-state index contributed by atoms with van der Waals surface area (Å²) in [5.74, 6) is -1.31. The van der Waals surface area contributed by atoms with Crippen LogP contribution in [0.25, 0.3) is 0 Å². The van der Waals surface area contributed by atoms with Gasteiger partial charge in [0, 0.05) is 5.02 Å². The van der Waals surface area contributed by atoms with Crippen LogP contribution in [0.3, 0.4) is 0 Å². The van der Waals surface area contributed by atoms with E-state index in [-0.39, 0.29) is 18.6 Å². The zero-order chi connectivity index (χ0) is 13.6. The highest BCUT2D eigenvalue weighted by molar-refractivity contribution is 6.30. The number of carbonyl (C=O) groups is 1. The normalized spacial score (nSPS) is 32.7. The lowest BCUT2D eigenvalue weighted by molar-refractivity contribution is -0.152. The highest BCUT2D eigenvalue weighted by Gasteiger charge is 2.57. The lowest BCUT2D eigenvalue weighted by Gasteiger charge is -2.31. The summed E-state index contributed by atoms with van der Waals surface area (Å²) < 4.78 is 19.5. The van der Waals surface area contributed by atoms with Crippen LogP contribution in [-0.4, -0.2) is 23.3 Å². The fraction of sp³-hybridized carbons (Fsp3) is 0.500. The van der Waals surface area contributed by atoms with Gasteiger partial charge in [-0.25, -0.2) is 4.39 Å². The van der Waals surface area contributed by atoms with Crippen molar-refractivity contribution in [1.29, 1.82) is 0 Å². The van der Waals surface area contributed by atoms with Gasteiger partial charge in [-0.15, -0.1) is 0 Å². The second kappa shape index (κ2) is 4.46. The maximum atomic E-state index is 13.8. The first-order chi connectivity index (χ1) is 9.01. The smallest absolute Gasteiger partial charge is 0.312 e. The van der Waals surface area contributed by atoms with Crippen molar-refractivity contribution >= 4 is 17.6 Å². The van der Waals surface area contributed by atoms with Gasteiger partial charge in [-0.1, -0.05) is 11.6 Å². The van der Waals surface area contributed by atoms with Crippen LogP contribution in [0.2, 0.25) is 5.02 Å². The molecule has 0 aromatic heterocycles. The molecule has 19 heavy (non-hydrogen) atoms. The van der Waals surface area contributed by atoms with E-state index in [1.165, 1.54) is 18.2 Å². The molecular weight excluding hydrogens is 271 g/mol. The molecule has 0 radical (unpaired) electrons. The third kappa shape index (κ3) is 2.03. The maximum absolute atomic E-state index is 13.8. The van der Waals surface area contributed by atoms with Crippen molar-refractivity contribution in [3.8, 4) is 0 Å². The minimum atomic E-state index is -1.01. The SMILES string of the molecule is O=C(O)C1(Cc2cc(Cl)ccc2F)CC2CCC1O2. The van der Waals surface area contributed by atoms with Crippen LogP contribution in [0.5, 0.6) is 0 Å². The first-order valence-corrected chi connectivity index (χ1v) is 6.72. The highest BCUT2D eigenvalue weighted by atomic mass is 35.5. The molecule has 0 amide bonds. The number of ether oxygens (including phenoxy) is 1. The molecule has 2 bridgehead atoms. The minimum absolute atomic E-state index is 0.00310. The number of aliphatic carboxylic acids is 1. The third-order valence-corrected chi connectivity index (χ3v) is 4.49. The van der Waals surface area contributed by atoms with Gasteiger partial charge in [-0.05, 0) is 49.4 Å². The topological polar surface area (TPSA) is 46.5 Å². The van der Waals surface area contributed by atoms with Crippen LogP contribution in [0.1, 0.15) is 24.8 Å². The van der Waals surface area contributed by atoms with Crippen molar-refractivity contribution in [2.45, 2.75) is 37.9 Å². The Morgan fingerprint density at radius 1 is 1.53 bits per heavy atom. The van der Waals surface area contributed by atoms with E-state index < -0.39 is 17.2 Å². The first kappa shape index (κ1) is 12.9. The van der Waals surface area contributed by atoms with Crippen molar-refractivity contribution in [3.05, 3.63) is 34.6 Å². The Balaban J connectivity index is 1.95.